The van der Waals surface area contributed by atoms with Gasteiger partial charge in [0.25, 0.3) is 0 Å². The van der Waals surface area contributed by atoms with Crippen molar-refractivity contribution in [3.05, 3.63) is 29.8 Å². The molecular weight excluding hydrogens is 273 g/mol. The molecule has 3 nitrogen and oxygen atoms in total. The average Bonchev–Trinajstić information content (AvgIpc) is 2.35. The molecule has 0 fully saturated rings. The van der Waals surface area contributed by atoms with E-state index in [9.17, 15) is 18.0 Å². The number of carbonyl (C=O) groups is 1. The van der Waals surface area contributed by atoms with Crippen molar-refractivity contribution < 1.29 is 27.4 Å². The Bertz CT molecular complexity index is 413. The quantitative estimate of drug-likeness (QED) is 0.565. The minimum absolute atomic E-state index is 0.221. The molecule has 1 rings (SSSR count). The van der Waals surface area contributed by atoms with E-state index < -0.39 is 6.36 Å². The summed E-state index contributed by atoms with van der Waals surface area (Å²) in [6, 6.07) is 5.75. The minimum Gasteiger partial charge on any atom is -0.466 e. The lowest BCUT2D eigenvalue weighted by Crippen LogP contribution is -2.17. The van der Waals surface area contributed by atoms with Gasteiger partial charge in [-0.15, -0.1) is 13.2 Å². The Kier molecular flexibility index (Phi) is 6.35. The predicted octanol–water partition coefficient (Wildman–Crippen LogP) is 3.86. The second-order valence-electron chi connectivity index (χ2n) is 4.20. The molecule has 0 spiro atoms. The summed E-state index contributed by atoms with van der Waals surface area (Å²) in [6.45, 7) is 2.13. The number of aryl methyl sites for hydroxylation is 1. The van der Waals surface area contributed by atoms with Crippen LogP contribution < -0.4 is 4.74 Å². The fourth-order valence-corrected chi connectivity index (χ4v) is 1.69. The van der Waals surface area contributed by atoms with Gasteiger partial charge in [0.05, 0.1) is 6.61 Å². The first-order valence-electron chi connectivity index (χ1n) is 6.41. The molecule has 0 aliphatic heterocycles. The molecular formula is C14H17F3O3. The average molecular weight is 290 g/mol. The van der Waals surface area contributed by atoms with Gasteiger partial charge in [-0.05, 0) is 43.9 Å². The van der Waals surface area contributed by atoms with E-state index in [1.165, 1.54) is 12.1 Å². The Labute approximate surface area is 115 Å². The number of unbranched alkanes of at least 4 members (excludes halogenated alkanes) is 1. The highest BCUT2D eigenvalue weighted by Crippen LogP contribution is 2.23. The largest absolute Gasteiger partial charge is 0.573 e. The number of halogens is 3. The van der Waals surface area contributed by atoms with Crippen molar-refractivity contribution in [1.82, 2.24) is 0 Å². The molecule has 0 saturated carbocycles. The second kappa shape index (κ2) is 7.77. The molecule has 1 aromatic rings. The fourth-order valence-electron chi connectivity index (χ4n) is 1.69. The topological polar surface area (TPSA) is 35.5 Å². The summed E-state index contributed by atoms with van der Waals surface area (Å²) in [5.41, 5.74) is 0.906. The zero-order valence-electron chi connectivity index (χ0n) is 11.2. The highest BCUT2D eigenvalue weighted by atomic mass is 19.4. The van der Waals surface area contributed by atoms with Crippen molar-refractivity contribution in [2.24, 2.45) is 0 Å². The molecule has 6 heteroatoms. The monoisotopic (exact) mass is 290 g/mol. The first kappa shape index (κ1) is 16.3. The molecule has 0 atom stereocenters. The van der Waals surface area contributed by atoms with E-state index in [-0.39, 0.29) is 11.7 Å². The third-order valence-corrected chi connectivity index (χ3v) is 2.56. The van der Waals surface area contributed by atoms with Gasteiger partial charge in [0.15, 0.2) is 0 Å². The van der Waals surface area contributed by atoms with Crippen molar-refractivity contribution in [1.29, 1.82) is 0 Å². The second-order valence-corrected chi connectivity index (χ2v) is 4.20. The Morgan fingerprint density at radius 2 is 1.80 bits per heavy atom. The van der Waals surface area contributed by atoms with Crippen molar-refractivity contribution in [2.45, 2.75) is 39.0 Å². The number of rotatable bonds is 7. The lowest BCUT2D eigenvalue weighted by atomic mass is 10.1. The van der Waals surface area contributed by atoms with Crippen LogP contribution in [0.5, 0.6) is 5.75 Å². The van der Waals surface area contributed by atoms with Crippen LogP contribution in [0.3, 0.4) is 0 Å². The molecule has 0 aromatic heterocycles. The van der Waals surface area contributed by atoms with Gasteiger partial charge in [-0.2, -0.15) is 0 Å². The predicted molar refractivity (Wildman–Crippen MR) is 67.3 cm³/mol. The van der Waals surface area contributed by atoms with Gasteiger partial charge in [0.1, 0.15) is 5.75 Å². The molecule has 0 bridgehead atoms. The smallest absolute Gasteiger partial charge is 0.466 e. The van der Waals surface area contributed by atoms with Crippen LogP contribution in [0.2, 0.25) is 0 Å². The molecule has 20 heavy (non-hydrogen) atoms. The highest BCUT2D eigenvalue weighted by Gasteiger charge is 2.30. The zero-order chi connectivity index (χ0) is 15.0. The summed E-state index contributed by atoms with van der Waals surface area (Å²) in [6.07, 6.45) is -2.13. The summed E-state index contributed by atoms with van der Waals surface area (Å²) in [7, 11) is 0. The summed E-state index contributed by atoms with van der Waals surface area (Å²) in [5.74, 6) is -0.450. The maximum Gasteiger partial charge on any atom is 0.573 e. The number of ether oxygens (including phenoxy) is 2. The maximum atomic E-state index is 12.0. The van der Waals surface area contributed by atoms with E-state index in [0.717, 1.165) is 12.0 Å². The van der Waals surface area contributed by atoms with Gasteiger partial charge in [-0.25, -0.2) is 0 Å². The van der Waals surface area contributed by atoms with Crippen molar-refractivity contribution >= 4 is 5.97 Å². The van der Waals surface area contributed by atoms with E-state index in [0.29, 0.717) is 25.9 Å². The molecule has 112 valence electrons. The normalized spacial score (nSPS) is 11.2. The number of hydrogen-bond donors (Lipinski definition) is 0. The van der Waals surface area contributed by atoms with E-state index >= 15 is 0 Å². The van der Waals surface area contributed by atoms with E-state index in [4.69, 9.17) is 4.74 Å². The van der Waals surface area contributed by atoms with E-state index in [1.807, 2.05) is 0 Å². The van der Waals surface area contributed by atoms with E-state index in [1.54, 1.807) is 19.1 Å². The van der Waals surface area contributed by atoms with Gasteiger partial charge >= 0.3 is 12.3 Å². The SMILES string of the molecule is CCOC(=O)CCCCc1ccc(OC(F)(F)F)cc1. The Hall–Kier alpha value is -1.72. The number of hydrogen-bond acceptors (Lipinski definition) is 3. The Morgan fingerprint density at radius 3 is 2.35 bits per heavy atom. The zero-order valence-corrected chi connectivity index (χ0v) is 11.2. The Balaban J connectivity index is 2.30. The van der Waals surface area contributed by atoms with Crippen LogP contribution in [0, 0.1) is 0 Å². The van der Waals surface area contributed by atoms with Gasteiger partial charge in [-0.1, -0.05) is 12.1 Å². The third-order valence-electron chi connectivity index (χ3n) is 2.56. The van der Waals surface area contributed by atoms with Crippen molar-refractivity contribution in [2.75, 3.05) is 6.61 Å². The van der Waals surface area contributed by atoms with Crippen LogP contribution in [0.15, 0.2) is 24.3 Å². The van der Waals surface area contributed by atoms with Crippen LogP contribution in [0.4, 0.5) is 13.2 Å². The number of alkyl halides is 3. The first-order valence-corrected chi connectivity index (χ1v) is 6.41. The molecule has 0 saturated heterocycles. The lowest BCUT2D eigenvalue weighted by molar-refractivity contribution is -0.274. The number of carbonyl (C=O) groups excluding carboxylic acids is 1. The summed E-state index contributed by atoms with van der Waals surface area (Å²) < 4.78 is 44.5. The van der Waals surface area contributed by atoms with Gasteiger partial charge < -0.3 is 9.47 Å². The van der Waals surface area contributed by atoms with Gasteiger partial charge in [-0.3, -0.25) is 4.79 Å². The summed E-state index contributed by atoms with van der Waals surface area (Å²) in [4.78, 5) is 11.1. The van der Waals surface area contributed by atoms with Crippen molar-refractivity contribution in [3.63, 3.8) is 0 Å². The highest BCUT2D eigenvalue weighted by molar-refractivity contribution is 5.69. The molecule has 0 amide bonds. The molecule has 1 aromatic carbocycles. The molecule has 0 heterocycles. The molecule has 0 unspecified atom stereocenters. The van der Waals surface area contributed by atoms with Crippen LogP contribution in [0.25, 0.3) is 0 Å². The summed E-state index contributed by atoms with van der Waals surface area (Å²) >= 11 is 0. The van der Waals surface area contributed by atoms with Crippen LogP contribution >= 0.6 is 0 Å². The van der Waals surface area contributed by atoms with Crippen molar-refractivity contribution in [3.8, 4) is 5.75 Å². The summed E-state index contributed by atoms with van der Waals surface area (Å²) in [5, 5.41) is 0. The fraction of sp³-hybridized carbons (Fsp3) is 0.500. The molecule has 0 aliphatic carbocycles. The van der Waals surface area contributed by atoms with Crippen LogP contribution in [-0.4, -0.2) is 18.9 Å². The molecule has 0 aliphatic rings. The molecule has 0 radical (unpaired) electrons. The van der Waals surface area contributed by atoms with Gasteiger partial charge in [0.2, 0.25) is 0 Å². The van der Waals surface area contributed by atoms with Crippen LogP contribution in [-0.2, 0) is 16.0 Å². The lowest BCUT2D eigenvalue weighted by Gasteiger charge is -2.09. The first-order chi connectivity index (χ1) is 9.40. The Morgan fingerprint density at radius 1 is 1.15 bits per heavy atom. The minimum atomic E-state index is -4.67. The number of esters is 1. The standard InChI is InChI=1S/C14H17F3O3/c1-2-19-13(18)6-4-3-5-11-7-9-12(10-8-11)20-14(15,16)17/h7-10H,2-6H2,1H3. The number of benzene rings is 1. The third kappa shape index (κ3) is 7.01. The van der Waals surface area contributed by atoms with Gasteiger partial charge in [0, 0.05) is 6.42 Å². The maximum absolute atomic E-state index is 12.0. The molecule has 0 N–H and O–H groups in total. The van der Waals surface area contributed by atoms with E-state index in [2.05, 4.69) is 4.74 Å². The van der Waals surface area contributed by atoms with Crippen LogP contribution in [0.1, 0.15) is 31.7 Å².